The molecule has 0 unspecified atom stereocenters. The van der Waals surface area contributed by atoms with E-state index in [0.717, 1.165) is 6.42 Å². The summed E-state index contributed by atoms with van der Waals surface area (Å²) in [6, 6.07) is 13.7. The van der Waals surface area contributed by atoms with Crippen LogP contribution in [0.1, 0.15) is 36.2 Å². The maximum absolute atomic E-state index is 2.45. The van der Waals surface area contributed by atoms with E-state index in [2.05, 4.69) is 88.0 Å². The van der Waals surface area contributed by atoms with Gasteiger partial charge in [0.2, 0.25) is 0 Å². The molecular weight excluding hydrogens is 381 g/mol. The molecule has 0 saturated carbocycles. The van der Waals surface area contributed by atoms with Gasteiger partial charge in [0.15, 0.2) is 0 Å². The third-order valence-corrected chi connectivity index (χ3v) is 6.45. The summed E-state index contributed by atoms with van der Waals surface area (Å²) in [5.41, 5.74) is 10.0. The quantitative estimate of drug-likeness (QED) is 0.428. The summed E-state index contributed by atoms with van der Waals surface area (Å²) >= 11 is 2.45. The Labute approximate surface area is 144 Å². The highest BCUT2D eigenvalue weighted by molar-refractivity contribution is 14.1. The average Bonchev–Trinajstić information content (AvgIpc) is 3.15. The predicted molar refractivity (Wildman–Crippen MR) is 102 cm³/mol. The van der Waals surface area contributed by atoms with Crippen molar-refractivity contribution in [3.05, 3.63) is 64.9 Å². The Hall–Kier alpha value is -1.55. The molecule has 1 heterocycles. The van der Waals surface area contributed by atoms with Gasteiger partial charge in [-0.2, -0.15) is 0 Å². The molecule has 0 N–H and O–H groups in total. The first kappa shape index (κ1) is 12.9. The first-order valence-corrected chi connectivity index (χ1v) is 8.70. The molecule has 22 heavy (non-hydrogen) atoms. The van der Waals surface area contributed by atoms with Gasteiger partial charge in [0.05, 0.1) is 28.4 Å². The van der Waals surface area contributed by atoms with Crippen molar-refractivity contribution in [2.45, 2.75) is 25.7 Å². The maximum Gasteiger partial charge on any atom is 0.0643 e. The van der Waals surface area contributed by atoms with Crippen LogP contribution in [0.25, 0.3) is 28.1 Å². The van der Waals surface area contributed by atoms with E-state index >= 15 is 0 Å². The number of hydrogen-bond donors (Lipinski definition) is 0. The number of fused-ring (bicyclic) bond motifs is 6. The molecule has 108 valence electrons. The van der Waals surface area contributed by atoms with Crippen molar-refractivity contribution in [1.82, 2.24) is 2.78 Å². The largest absolute Gasteiger partial charge is 0.285 e. The Bertz CT molecular complexity index is 989. The highest BCUT2D eigenvalue weighted by Crippen LogP contribution is 2.50. The van der Waals surface area contributed by atoms with Gasteiger partial charge < -0.3 is 0 Å². The van der Waals surface area contributed by atoms with Gasteiger partial charge in [0, 0.05) is 28.5 Å². The molecule has 0 atom stereocenters. The van der Waals surface area contributed by atoms with Crippen molar-refractivity contribution < 1.29 is 0 Å². The van der Waals surface area contributed by atoms with Gasteiger partial charge in [-0.25, -0.2) is 0 Å². The number of allylic oxidation sites excluding steroid dienone is 1. The second-order valence-electron chi connectivity index (χ2n) is 6.83. The van der Waals surface area contributed by atoms with E-state index in [9.17, 15) is 0 Å². The van der Waals surface area contributed by atoms with Crippen LogP contribution in [0, 0.1) is 0 Å². The molecule has 2 aliphatic carbocycles. The van der Waals surface area contributed by atoms with E-state index in [1.165, 1.54) is 44.4 Å². The zero-order chi connectivity index (χ0) is 15.1. The Morgan fingerprint density at radius 2 is 1.86 bits per heavy atom. The molecule has 0 radical (unpaired) electrons. The fourth-order valence-corrected chi connectivity index (χ4v) is 5.04. The Morgan fingerprint density at radius 1 is 1.05 bits per heavy atom. The van der Waals surface area contributed by atoms with Gasteiger partial charge in [-0.15, -0.1) is 0 Å². The molecule has 2 aliphatic rings. The van der Waals surface area contributed by atoms with Crippen molar-refractivity contribution in [3.8, 4) is 11.1 Å². The molecule has 3 aromatic rings. The van der Waals surface area contributed by atoms with Crippen LogP contribution in [0.2, 0.25) is 0 Å². The number of nitrogens with zero attached hydrogens (tertiary/aromatic N) is 1. The summed E-state index contributed by atoms with van der Waals surface area (Å²) in [4.78, 5) is 0. The van der Waals surface area contributed by atoms with Crippen LogP contribution >= 0.6 is 22.9 Å². The fraction of sp³-hybridized carbons (Fsp3) is 0.200. The molecule has 0 saturated heterocycles. The van der Waals surface area contributed by atoms with E-state index < -0.39 is 0 Å². The number of aromatic nitrogens is 1. The number of halogens is 1. The number of benzene rings is 2. The van der Waals surface area contributed by atoms with E-state index in [-0.39, 0.29) is 5.41 Å². The summed E-state index contributed by atoms with van der Waals surface area (Å²) in [5, 5.41) is 1.39. The molecule has 0 aliphatic heterocycles. The molecule has 2 aromatic carbocycles. The van der Waals surface area contributed by atoms with E-state index in [4.69, 9.17) is 0 Å². The molecule has 2 heteroatoms. The number of rotatable bonds is 0. The van der Waals surface area contributed by atoms with Gasteiger partial charge in [0.25, 0.3) is 0 Å². The second kappa shape index (κ2) is 4.05. The van der Waals surface area contributed by atoms with Crippen LogP contribution in [-0.2, 0) is 11.8 Å². The minimum absolute atomic E-state index is 0.0846. The topological polar surface area (TPSA) is 4.93 Å². The molecule has 0 bridgehead atoms. The molecule has 5 rings (SSSR count). The highest BCUT2D eigenvalue weighted by atomic mass is 127. The Kier molecular flexibility index (Phi) is 2.38. The standard InChI is InChI=1S/C20H16IN/c1-20(2)16-8-4-3-6-12(16)14-10-15-13-7-5-9-18(13)22(21)19(15)11-17(14)20/h3-8,10-11H,9H2,1-2H3. The van der Waals surface area contributed by atoms with Crippen LogP contribution in [0.15, 0.2) is 42.5 Å². The van der Waals surface area contributed by atoms with Crippen LogP contribution in [0.4, 0.5) is 0 Å². The summed E-state index contributed by atoms with van der Waals surface area (Å²) < 4.78 is 2.35. The smallest absolute Gasteiger partial charge is 0.0643 e. The first-order valence-electron chi connectivity index (χ1n) is 7.73. The van der Waals surface area contributed by atoms with Crippen molar-refractivity contribution in [2.75, 3.05) is 0 Å². The lowest BCUT2D eigenvalue weighted by Gasteiger charge is -2.21. The van der Waals surface area contributed by atoms with E-state index in [0.29, 0.717) is 0 Å². The SMILES string of the molecule is CC1(C)c2ccccc2-c2cc3c4c(n(I)c3cc21)CC=C4. The molecule has 0 spiro atoms. The third kappa shape index (κ3) is 1.40. The molecule has 0 amide bonds. The highest BCUT2D eigenvalue weighted by Gasteiger charge is 2.36. The van der Waals surface area contributed by atoms with Crippen molar-refractivity contribution in [3.63, 3.8) is 0 Å². The first-order chi connectivity index (χ1) is 10.6. The van der Waals surface area contributed by atoms with Crippen molar-refractivity contribution >= 4 is 39.8 Å². The minimum Gasteiger partial charge on any atom is -0.285 e. The fourth-order valence-electron chi connectivity index (χ4n) is 4.19. The number of hydrogen-bond acceptors (Lipinski definition) is 0. The normalized spacial score (nSPS) is 16.9. The summed E-state index contributed by atoms with van der Waals surface area (Å²) in [6.45, 7) is 4.69. The second-order valence-corrected chi connectivity index (χ2v) is 7.80. The van der Waals surface area contributed by atoms with Crippen molar-refractivity contribution in [2.24, 2.45) is 0 Å². The summed E-state index contributed by atoms with van der Waals surface area (Å²) in [6.07, 6.45) is 5.60. The lowest BCUT2D eigenvalue weighted by molar-refractivity contribution is 0.661. The predicted octanol–water partition coefficient (Wildman–Crippen LogP) is 5.72. The van der Waals surface area contributed by atoms with Gasteiger partial charge in [-0.05, 0) is 34.4 Å². The zero-order valence-corrected chi connectivity index (χ0v) is 14.8. The Morgan fingerprint density at radius 3 is 2.73 bits per heavy atom. The lowest BCUT2D eigenvalue weighted by atomic mass is 9.82. The van der Waals surface area contributed by atoms with Crippen LogP contribution in [0.3, 0.4) is 0 Å². The summed E-state index contributed by atoms with van der Waals surface area (Å²) in [7, 11) is 0. The summed E-state index contributed by atoms with van der Waals surface area (Å²) in [5.74, 6) is 0. The van der Waals surface area contributed by atoms with Crippen molar-refractivity contribution in [1.29, 1.82) is 0 Å². The maximum atomic E-state index is 2.45. The van der Waals surface area contributed by atoms with Gasteiger partial charge >= 0.3 is 0 Å². The molecular formula is C20H16IN. The molecule has 0 fully saturated rings. The van der Waals surface area contributed by atoms with Crippen LogP contribution < -0.4 is 0 Å². The van der Waals surface area contributed by atoms with Gasteiger partial charge in [-0.1, -0.05) is 50.3 Å². The van der Waals surface area contributed by atoms with E-state index in [1.807, 2.05) is 0 Å². The molecule has 1 aromatic heterocycles. The Balaban J connectivity index is 1.94. The third-order valence-electron chi connectivity index (χ3n) is 5.35. The average molecular weight is 397 g/mol. The van der Waals surface area contributed by atoms with E-state index in [1.54, 1.807) is 0 Å². The monoisotopic (exact) mass is 397 g/mol. The zero-order valence-electron chi connectivity index (χ0n) is 12.7. The minimum atomic E-state index is 0.0846. The lowest BCUT2D eigenvalue weighted by Crippen LogP contribution is -2.14. The van der Waals surface area contributed by atoms with Crippen LogP contribution in [-0.4, -0.2) is 2.78 Å². The van der Waals surface area contributed by atoms with Crippen LogP contribution in [0.5, 0.6) is 0 Å². The molecule has 1 nitrogen and oxygen atoms in total. The van der Waals surface area contributed by atoms with Gasteiger partial charge in [-0.3, -0.25) is 2.78 Å². The van der Waals surface area contributed by atoms with Gasteiger partial charge in [0.1, 0.15) is 0 Å².